The third-order valence-electron chi connectivity index (χ3n) is 5.12. The number of carbonyl (C=O) groups excluding carboxylic acids is 1. The van der Waals surface area contributed by atoms with E-state index in [4.69, 9.17) is 4.55 Å². The first-order valence-electron chi connectivity index (χ1n) is 6.65. The second-order valence-corrected chi connectivity index (χ2v) is 8.00. The number of halogens is 2. The largest absolute Gasteiger partial charge is 0.465 e. The predicted molar refractivity (Wildman–Crippen MR) is 63.4 cm³/mol. The van der Waals surface area contributed by atoms with Crippen molar-refractivity contribution in [2.24, 2.45) is 23.2 Å². The smallest absolute Gasteiger partial charge is 0.460 e. The summed E-state index contributed by atoms with van der Waals surface area (Å²) in [5, 5.41) is -4.89. The minimum Gasteiger partial charge on any atom is -0.460 e. The normalized spacial score (nSPS) is 39.2. The number of esters is 1. The zero-order valence-corrected chi connectivity index (χ0v) is 11.5. The summed E-state index contributed by atoms with van der Waals surface area (Å²) in [6.07, 6.45) is 4.91. The SMILES string of the molecule is O=C(OCC12CC3CC(C1)C(C3)C2)C(F)(F)S(=O)(=O)O. The summed E-state index contributed by atoms with van der Waals surface area (Å²) >= 11 is 0. The number of alkyl halides is 2. The van der Waals surface area contributed by atoms with Gasteiger partial charge in [0.2, 0.25) is 0 Å². The molecule has 0 amide bonds. The van der Waals surface area contributed by atoms with Crippen LogP contribution in [0, 0.1) is 23.2 Å². The van der Waals surface area contributed by atoms with Crippen LogP contribution in [0.15, 0.2) is 0 Å². The Kier molecular flexibility index (Phi) is 2.93. The van der Waals surface area contributed by atoms with Crippen molar-refractivity contribution < 1.29 is 31.3 Å². The fourth-order valence-electron chi connectivity index (χ4n) is 4.56. The molecule has 5 nitrogen and oxygen atoms in total. The lowest BCUT2D eigenvalue weighted by molar-refractivity contribution is -0.166. The quantitative estimate of drug-likeness (QED) is 0.633. The number of carbonyl (C=O) groups is 1. The summed E-state index contributed by atoms with van der Waals surface area (Å²) in [6.45, 7) is -0.180. The molecular weight excluding hydrogens is 294 g/mol. The molecule has 4 rings (SSSR count). The Morgan fingerprint density at radius 1 is 1.25 bits per heavy atom. The van der Waals surface area contributed by atoms with E-state index in [1.807, 2.05) is 0 Å². The minimum atomic E-state index is -5.78. The number of ether oxygens (including phenoxy) is 1. The van der Waals surface area contributed by atoms with Crippen LogP contribution in [-0.4, -0.2) is 30.8 Å². The number of hydrogen-bond donors (Lipinski definition) is 1. The van der Waals surface area contributed by atoms with Gasteiger partial charge in [0, 0.05) is 5.41 Å². The van der Waals surface area contributed by atoms with E-state index >= 15 is 0 Å². The van der Waals surface area contributed by atoms with Crippen molar-refractivity contribution >= 4 is 16.1 Å². The van der Waals surface area contributed by atoms with E-state index in [0.717, 1.165) is 19.3 Å². The molecule has 20 heavy (non-hydrogen) atoms. The Morgan fingerprint density at radius 3 is 2.25 bits per heavy atom. The van der Waals surface area contributed by atoms with Crippen molar-refractivity contribution in [3.63, 3.8) is 0 Å². The maximum absolute atomic E-state index is 13.1. The average Bonchev–Trinajstić information content (AvgIpc) is 2.73. The van der Waals surface area contributed by atoms with Crippen LogP contribution in [-0.2, 0) is 19.6 Å². The van der Waals surface area contributed by atoms with E-state index in [1.165, 1.54) is 12.8 Å². The summed E-state index contributed by atoms with van der Waals surface area (Å²) in [4.78, 5) is 11.2. The van der Waals surface area contributed by atoms with E-state index in [1.54, 1.807) is 0 Å². The molecule has 4 bridgehead atoms. The molecular formula is C12H16F2O5S. The topological polar surface area (TPSA) is 80.7 Å². The minimum absolute atomic E-state index is 0.180. The highest BCUT2D eigenvalue weighted by molar-refractivity contribution is 7.87. The summed E-state index contributed by atoms with van der Waals surface area (Å²) in [5.41, 5.74) is -0.262. The standard InChI is InChI=1S/C12H16F2O5S/c13-12(14,20(16,17)18)10(15)19-6-11-3-7-1-8(4-11)9(2-7)5-11/h7-9H,1-6H2,(H,16,17,18). The highest BCUT2D eigenvalue weighted by Crippen LogP contribution is 2.64. The van der Waals surface area contributed by atoms with Crippen LogP contribution in [0.3, 0.4) is 0 Å². The van der Waals surface area contributed by atoms with E-state index in [9.17, 15) is 22.0 Å². The maximum atomic E-state index is 13.1. The zero-order chi connectivity index (χ0) is 14.8. The fraction of sp³-hybridized carbons (Fsp3) is 0.917. The molecule has 0 spiro atoms. The van der Waals surface area contributed by atoms with Crippen molar-refractivity contribution in [1.29, 1.82) is 0 Å². The third-order valence-corrected chi connectivity index (χ3v) is 5.94. The lowest BCUT2D eigenvalue weighted by atomic mass is 9.70. The van der Waals surface area contributed by atoms with Gasteiger partial charge in [-0.2, -0.15) is 17.2 Å². The molecule has 4 aliphatic rings. The average molecular weight is 310 g/mol. The number of hydrogen-bond acceptors (Lipinski definition) is 4. The van der Waals surface area contributed by atoms with Crippen molar-refractivity contribution in [3.05, 3.63) is 0 Å². The molecule has 4 fully saturated rings. The van der Waals surface area contributed by atoms with Crippen LogP contribution < -0.4 is 0 Å². The van der Waals surface area contributed by atoms with Gasteiger partial charge in [0.05, 0.1) is 6.61 Å². The Labute approximate surface area is 115 Å². The Morgan fingerprint density at radius 2 is 1.80 bits per heavy atom. The second-order valence-electron chi connectivity index (χ2n) is 6.54. The molecule has 2 atom stereocenters. The molecule has 2 unspecified atom stereocenters. The first kappa shape index (κ1) is 14.2. The van der Waals surface area contributed by atoms with Crippen LogP contribution in [0.25, 0.3) is 0 Å². The molecule has 0 aliphatic heterocycles. The molecule has 0 aromatic carbocycles. The highest BCUT2D eigenvalue weighted by Gasteiger charge is 2.58. The molecule has 114 valence electrons. The Bertz CT molecular complexity index is 525. The predicted octanol–water partition coefficient (Wildman–Crippen LogP) is 1.84. The summed E-state index contributed by atoms with van der Waals surface area (Å²) in [6, 6.07) is 0. The lowest BCUT2D eigenvalue weighted by Crippen LogP contribution is -2.41. The van der Waals surface area contributed by atoms with Gasteiger partial charge < -0.3 is 4.74 Å². The first-order chi connectivity index (χ1) is 9.13. The third kappa shape index (κ3) is 2.04. The summed E-state index contributed by atoms with van der Waals surface area (Å²) in [5.74, 6) is -0.422. The lowest BCUT2D eigenvalue weighted by Gasteiger charge is -2.37. The van der Waals surface area contributed by atoms with E-state index in [-0.39, 0.29) is 12.0 Å². The highest BCUT2D eigenvalue weighted by atomic mass is 32.2. The van der Waals surface area contributed by atoms with Crippen LogP contribution in [0.1, 0.15) is 32.1 Å². The van der Waals surface area contributed by atoms with Crippen molar-refractivity contribution in [3.8, 4) is 0 Å². The van der Waals surface area contributed by atoms with Crippen LogP contribution in [0.5, 0.6) is 0 Å². The van der Waals surface area contributed by atoms with Crippen LogP contribution in [0.2, 0.25) is 0 Å². The molecule has 0 aromatic rings. The van der Waals surface area contributed by atoms with Crippen molar-refractivity contribution in [1.82, 2.24) is 0 Å². The molecule has 0 saturated heterocycles. The molecule has 4 aliphatic carbocycles. The van der Waals surface area contributed by atoms with Gasteiger partial charge in [-0.1, -0.05) is 0 Å². The monoisotopic (exact) mass is 310 g/mol. The van der Waals surface area contributed by atoms with Gasteiger partial charge in [0.15, 0.2) is 0 Å². The van der Waals surface area contributed by atoms with Gasteiger partial charge in [0.25, 0.3) is 0 Å². The summed E-state index contributed by atoms with van der Waals surface area (Å²) in [7, 11) is -5.78. The molecule has 4 saturated carbocycles. The van der Waals surface area contributed by atoms with Gasteiger partial charge in [-0.05, 0) is 49.9 Å². The fourth-order valence-corrected chi connectivity index (χ4v) is 4.83. The number of rotatable bonds is 4. The van der Waals surface area contributed by atoms with Gasteiger partial charge in [-0.3, -0.25) is 4.55 Å². The van der Waals surface area contributed by atoms with E-state index in [0.29, 0.717) is 17.8 Å². The Balaban J connectivity index is 1.65. The second kappa shape index (κ2) is 4.13. The maximum Gasteiger partial charge on any atom is 0.465 e. The zero-order valence-electron chi connectivity index (χ0n) is 10.7. The molecule has 0 heterocycles. The molecule has 1 N–H and O–H groups in total. The van der Waals surface area contributed by atoms with Gasteiger partial charge >= 0.3 is 21.3 Å². The first-order valence-corrected chi connectivity index (χ1v) is 8.09. The van der Waals surface area contributed by atoms with Crippen LogP contribution in [0.4, 0.5) is 8.78 Å². The van der Waals surface area contributed by atoms with E-state index in [2.05, 4.69) is 4.74 Å². The Hall–Kier alpha value is -0.760. The van der Waals surface area contributed by atoms with Crippen LogP contribution >= 0.6 is 0 Å². The molecule has 0 radical (unpaired) electrons. The van der Waals surface area contributed by atoms with E-state index < -0.39 is 21.3 Å². The van der Waals surface area contributed by atoms with Gasteiger partial charge in [-0.25, -0.2) is 4.79 Å². The molecule has 8 heteroatoms. The van der Waals surface area contributed by atoms with Crippen molar-refractivity contribution in [2.45, 2.75) is 37.4 Å². The molecule has 0 aromatic heterocycles. The van der Waals surface area contributed by atoms with Gasteiger partial charge in [-0.15, -0.1) is 0 Å². The summed E-state index contributed by atoms with van der Waals surface area (Å²) < 4.78 is 60.0. The van der Waals surface area contributed by atoms with Crippen molar-refractivity contribution in [2.75, 3.05) is 6.61 Å². The van der Waals surface area contributed by atoms with Gasteiger partial charge in [0.1, 0.15) is 0 Å².